The molecule has 5 aromatic carbocycles. The third-order valence-electron chi connectivity index (χ3n) is 9.61. The fraction of sp³-hybridized carbons (Fsp3) is 0.227. The highest BCUT2D eigenvalue weighted by molar-refractivity contribution is 5.94. The summed E-state index contributed by atoms with van der Waals surface area (Å²) in [6.07, 6.45) is 1.91. The molecule has 6 rings (SSSR count). The van der Waals surface area contributed by atoms with Crippen LogP contribution in [0.25, 0.3) is 28.2 Å². The molecule has 0 spiro atoms. The number of rotatable bonds is 13. The quantitative estimate of drug-likeness (QED) is 0.128. The molecule has 1 heterocycles. The maximum absolute atomic E-state index is 3.96. The van der Waals surface area contributed by atoms with Crippen molar-refractivity contribution in [2.24, 2.45) is 0 Å². The van der Waals surface area contributed by atoms with Gasteiger partial charge in [-0.2, -0.15) is 0 Å². The van der Waals surface area contributed by atoms with Gasteiger partial charge in [0.25, 0.3) is 0 Å². The molecule has 0 bridgehead atoms. The third-order valence-corrected chi connectivity index (χ3v) is 9.61. The van der Waals surface area contributed by atoms with Crippen molar-refractivity contribution in [1.82, 2.24) is 4.57 Å². The lowest BCUT2D eigenvalue weighted by molar-refractivity contribution is 0.834. The van der Waals surface area contributed by atoms with Gasteiger partial charge < -0.3 is 14.4 Å². The van der Waals surface area contributed by atoms with E-state index in [-0.39, 0.29) is 5.92 Å². The van der Waals surface area contributed by atoms with Crippen LogP contribution in [0, 0.1) is 0 Å². The van der Waals surface area contributed by atoms with Crippen molar-refractivity contribution < 1.29 is 0 Å². The summed E-state index contributed by atoms with van der Waals surface area (Å²) in [7, 11) is 0. The van der Waals surface area contributed by atoms with E-state index in [1.54, 1.807) is 0 Å². The number of aromatic nitrogens is 1. The summed E-state index contributed by atoms with van der Waals surface area (Å²) in [4.78, 5) is 4.83. The Labute approximate surface area is 281 Å². The van der Waals surface area contributed by atoms with Crippen LogP contribution in [0.3, 0.4) is 0 Å². The van der Waals surface area contributed by atoms with Gasteiger partial charge in [-0.3, -0.25) is 0 Å². The fourth-order valence-corrected chi connectivity index (χ4v) is 7.09. The van der Waals surface area contributed by atoms with Crippen molar-refractivity contribution in [3.8, 4) is 11.3 Å². The first-order valence-corrected chi connectivity index (χ1v) is 17.2. The van der Waals surface area contributed by atoms with Crippen molar-refractivity contribution in [1.29, 1.82) is 0 Å². The first-order chi connectivity index (χ1) is 23.1. The van der Waals surface area contributed by atoms with Crippen LogP contribution in [0.2, 0.25) is 0 Å². The van der Waals surface area contributed by atoms with E-state index in [0.717, 1.165) is 38.3 Å². The molecule has 47 heavy (non-hydrogen) atoms. The van der Waals surface area contributed by atoms with Gasteiger partial charge in [0.15, 0.2) is 0 Å². The minimum absolute atomic E-state index is 0.0380. The second-order valence-corrected chi connectivity index (χ2v) is 12.1. The second-order valence-electron chi connectivity index (χ2n) is 12.1. The molecule has 0 radical (unpaired) electrons. The zero-order valence-corrected chi connectivity index (χ0v) is 28.4. The van der Waals surface area contributed by atoms with Gasteiger partial charge in [0, 0.05) is 60.9 Å². The van der Waals surface area contributed by atoms with E-state index in [1.165, 1.54) is 55.8 Å². The van der Waals surface area contributed by atoms with E-state index in [0.29, 0.717) is 0 Å². The largest absolute Gasteiger partial charge is 0.372 e. The maximum atomic E-state index is 3.96. The van der Waals surface area contributed by atoms with E-state index in [2.05, 4.69) is 176 Å². The Morgan fingerprint density at radius 1 is 0.596 bits per heavy atom. The van der Waals surface area contributed by atoms with Crippen LogP contribution in [0.1, 0.15) is 61.4 Å². The number of benzene rings is 5. The van der Waals surface area contributed by atoms with Gasteiger partial charge in [0.1, 0.15) is 0 Å². The number of fused-ring (bicyclic) bond motifs is 1. The predicted octanol–water partition coefficient (Wildman–Crippen LogP) is 10.9. The van der Waals surface area contributed by atoms with E-state index < -0.39 is 0 Å². The zero-order chi connectivity index (χ0) is 32.8. The number of para-hydroxylation sites is 1. The van der Waals surface area contributed by atoms with E-state index in [4.69, 9.17) is 0 Å². The Morgan fingerprint density at radius 2 is 1.11 bits per heavy atom. The lowest BCUT2D eigenvalue weighted by Gasteiger charge is -2.25. The minimum atomic E-state index is 0.0380. The molecule has 0 saturated carbocycles. The van der Waals surface area contributed by atoms with Crippen LogP contribution in [0.4, 0.5) is 11.4 Å². The predicted molar refractivity (Wildman–Crippen MR) is 204 cm³/mol. The van der Waals surface area contributed by atoms with Gasteiger partial charge in [-0.15, -0.1) is 0 Å². The van der Waals surface area contributed by atoms with Crippen molar-refractivity contribution >= 4 is 28.4 Å². The van der Waals surface area contributed by atoms with Crippen LogP contribution in [-0.2, 0) is 6.54 Å². The maximum Gasteiger partial charge on any atom is 0.0536 e. The van der Waals surface area contributed by atoms with Crippen LogP contribution in [0.15, 0.2) is 134 Å². The summed E-state index contributed by atoms with van der Waals surface area (Å²) in [5.41, 5.74) is 12.6. The molecular formula is C44H47N3. The molecule has 3 nitrogen and oxygen atoms in total. The number of anilines is 2. The monoisotopic (exact) mass is 617 g/mol. The van der Waals surface area contributed by atoms with Crippen LogP contribution in [-0.4, -0.2) is 30.7 Å². The Balaban J connectivity index is 1.61. The molecule has 0 amide bonds. The first kappa shape index (κ1) is 31.9. The Morgan fingerprint density at radius 3 is 1.62 bits per heavy atom. The SMILES string of the molecule is C=Cc1ccc(Cn2c(-c3ccccc3)c(C(c3ccc(N(CC)CC)cc3)c3ccc(N(CC)CC)cc3)c3ccccc32)cc1. The normalized spacial score (nSPS) is 11.3. The molecule has 0 unspecified atom stereocenters. The van der Waals surface area contributed by atoms with Gasteiger partial charge in [0.2, 0.25) is 0 Å². The Kier molecular flexibility index (Phi) is 9.92. The van der Waals surface area contributed by atoms with Crippen molar-refractivity contribution in [2.45, 2.75) is 40.2 Å². The average molecular weight is 618 g/mol. The molecule has 0 aliphatic rings. The summed E-state index contributed by atoms with van der Waals surface area (Å²) < 4.78 is 2.53. The molecule has 1 aromatic heterocycles. The van der Waals surface area contributed by atoms with Gasteiger partial charge in [0.05, 0.1) is 5.69 Å². The highest BCUT2D eigenvalue weighted by atomic mass is 15.1. The molecule has 0 saturated heterocycles. The van der Waals surface area contributed by atoms with Crippen LogP contribution in [0.5, 0.6) is 0 Å². The number of nitrogens with zero attached hydrogens (tertiary/aromatic N) is 3. The van der Waals surface area contributed by atoms with Gasteiger partial charge in [-0.25, -0.2) is 0 Å². The third kappa shape index (κ3) is 6.49. The molecular weight excluding hydrogens is 571 g/mol. The molecule has 3 heteroatoms. The van der Waals surface area contributed by atoms with Crippen molar-refractivity contribution in [3.05, 3.63) is 162 Å². The molecule has 0 fully saturated rings. The minimum Gasteiger partial charge on any atom is -0.372 e. The number of hydrogen-bond donors (Lipinski definition) is 0. The van der Waals surface area contributed by atoms with Gasteiger partial charge in [-0.1, -0.05) is 110 Å². The molecule has 6 aromatic rings. The zero-order valence-electron chi connectivity index (χ0n) is 28.4. The molecule has 0 aliphatic carbocycles. The van der Waals surface area contributed by atoms with Crippen molar-refractivity contribution in [2.75, 3.05) is 36.0 Å². The van der Waals surface area contributed by atoms with Crippen molar-refractivity contribution in [3.63, 3.8) is 0 Å². The Bertz CT molecular complexity index is 1840. The summed E-state index contributed by atoms with van der Waals surface area (Å²) in [5, 5.41) is 1.29. The smallest absolute Gasteiger partial charge is 0.0536 e. The molecule has 0 atom stereocenters. The second kappa shape index (κ2) is 14.6. The summed E-state index contributed by atoms with van der Waals surface area (Å²) in [6.45, 7) is 17.6. The average Bonchev–Trinajstić information content (AvgIpc) is 3.44. The lowest BCUT2D eigenvalue weighted by atomic mass is 9.82. The molecule has 0 aliphatic heterocycles. The van der Waals surface area contributed by atoms with E-state index >= 15 is 0 Å². The molecule has 238 valence electrons. The van der Waals surface area contributed by atoms with E-state index in [1.807, 2.05) is 6.08 Å². The molecule has 0 N–H and O–H groups in total. The topological polar surface area (TPSA) is 11.4 Å². The summed E-state index contributed by atoms with van der Waals surface area (Å²) >= 11 is 0. The first-order valence-electron chi connectivity index (χ1n) is 17.2. The summed E-state index contributed by atoms with van der Waals surface area (Å²) in [6, 6.07) is 47.3. The summed E-state index contributed by atoms with van der Waals surface area (Å²) in [5.74, 6) is 0.0380. The van der Waals surface area contributed by atoms with Crippen LogP contribution >= 0.6 is 0 Å². The number of hydrogen-bond acceptors (Lipinski definition) is 2. The van der Waals surface area contributed by atoms with Crippen LogP contribution < -0.4 is 9.80 Å². The van der Waals surface area contributed by atoms with E-state index in [9.17, 15) is 0 Å². The standard InChI is InChI=1S/C44H47N3/c1-6-33-20-22-34(23-21-33)32-47-41-19-15-14-18-40(41)43(44(47)37-16-12-11-13-17-37)42(35-24-28-38(29-25-35)45(7-2)8-3)36-26-30-39(31-27-36)46(9-4)10-5/h6,11-31,42H,1,7-10,32H2,2-5H3. The lowest BCUT2D eigenvalue weighted by Crippen LogP contribution is -2.22. The Hall–Kier alpha value is -5.02. The highest BCUT2D eigenvalue weighted by Gasteiger charge is 2.28. The van der Waals surface area contributed by atoms with Gasteiger partial charge in [-0.05, 0) is 91.4 Å². The van der Waals surface area contributed by atoms with Gasteiger partial charge >= 0.3 is 0 Å². The highest BCUT2D eigenvalue weighted by Crippen LogP contribution is 2.45. The fourth-order valence-electron chi connectivity index (χ4n) is 7.09.